The third kappa shape index (κ3) is 6.54. The molecular formula is C36H37N5O5S2. The van der Waals surface area contributed by atoms with Crippen LogP contribution in [0.4, 0.5) is 5.13 Å². The van der Waals surface area contributed by atoms with Crippen molar-refractivity contribution in [2.24, 2.45) is 5.92 Å². The molecule has 1 aliphatic heterocycles. The number of Topliss-reactive ketones (excluding diaryl/α,β-unsaturated/α-hetero) is 1. The average Bonchev–Trinajstić information content (AvgIpc) is 3.76. The van der Waals surface area contributed by atoms with Gasteiger partial charge in [0.2, 0.25) is 5.13 Å². The van der Waals surface area contributed by atoms with Gasteiger partial charge in [0, 0.05) is 11.9 Å². The summed E-state index contributed by atoms with van der Waals surface area (Å²) in [5, 5.41) is 20.8. The van der Waals surface area contributed by atoms with E-state index in [0.717, 1.165) is 17.5 Å². The molecule has 0 saturated carbocycles. The SMILES string of the molecule is CCOc1cc(C2C(=C(O)c3nc4c(C)cccn4c3C)C(=O)C(=O)N2c2nnc(SCc3ccccc3)s2)ccc1OCCC(C)C. The molecule has 0 bridgehead atoms. The second kappa shape index (κ2) is 14.2. The van der Waals surface area contributed by atoms with E-state index in [1.807, 2.05) is 73.8 Å². The molecule has 4 heterocycles. The van der Waals surface area contributed by atoms with Crippen molar-refractivity contribution in [3.8, 4) is 11.5 Å². The quantitative estimate of drug-likeness (QED) is 0.0468. The number of ether oxygens (including phenoxy) is 2. The third-order valence-corrected chi connectivity index (χ3v) is 10.2. The van der Waals surface area contributed by atoms with E-state index in [4.69, 9.17) is 14.5 Å². The predicted molar refractivity (Wildman–Crippen MR) is 188 cm³/mol. The number of fused-ring (bicyclic) bond motifs is 1. The smallest absolute Gasteiger partial charge is 0.301 e. The number of aryl methyl sites for hydroxylation is 2. The first-order valence-electron chi connectivity index (χ1n) is 15.8. The van der Waals surface area contributed by atoms with E-state index in [9.17, 15) is 14.7 Å². The maximum atomic E-state index is 13.9. The van der Waals surface area contributed by atoms with Crippen molar-refractivity contribution < 1.29 is 24.2 Å². The fourth-order valence-electron chi connectivity index (χ4n) is 5.58. The van der Waals surface area contributed by atoms with Crippen molar-refractivity contribution in [2.75, 3.05) is 18.1 Å². The van der Waals surface area contributed by atoms with Gasteiger partial charge in [-0.05, 0) is 68.0 Å². The Morgan fingerprint density at radius 3 is 2.54 bits per heavy atom. The Kier molecular flexibility index (Phi) is 9.83. The van der Waals surface area contributed by atoms with Crippen LogP contribution in [-0.4, -0.2) is 49.6 Å². The first-order chi connectivity index (χ1) is 23.2. The summed E-state index contributed by atoms with van der Waals surface area (Å²) in [6.07, 6.45) is 2.72. The van der Waals surface area contributed by atoms with Gasteiger partial charge in [-0.25, -0.2) is 4.98 Å². The van der Waals surface area contributed by atoms with Crippen LogP contribution in [0.25, 0.3) is 11.4 Å². The highest BCUT2D eigenvalue weighted by atomic mass is 32.2. The second-order valence-electron chi connectivity index (χ2n) is 11.9. The van der Waals surface area contributed by atoms with E-state index in [-0.39, 0.29) is 22.2 Å². The van der Waals surface area contributed by atoms with Crippen molar-refractivity contribution in [1.82, 2.24) is 19.6 Å². The van der Waals surface area contributed by atoms with Crippen LogP contribution in [0, 0.1) is 19.8 Å². The summed E-state index contributed by atoms with van der Waals surface area (Å²) in [7, 11) is 0. The monoisotopic (exact) mass is 683 g/mol. The van der Waals surface area contributed by atoms with Gasteiger partial charge in [-0.1, -0.05) is 79.4 Å². The Morgan fingerprint density at radius 1 is 1.02 bits per heavy atom. The number of carbonyl (C=O) groups excluding carboxylic acids is 2. The third-order valence-electron chi connectivity index (χ3n) is 8.10. The Hall–Kier alpha value is -4.68. The number of hydrogen-bond donors (Lipinski definition) is 1. The predicted octanol–water partition coefficient (Wildman–Crippen LogP) is 7.54. The molecule has 1 amide bonds. The molecule has 0 radical (unpaired) electrons. The molecule has 1 saturated heterocycles. The Balaban J connectivity index is 1.46. The molecule has 1 atom stereocenters. The van der Waals surface area contributed by atoms with Gasteiger partial charge in [0.05, 0.1) is 30.5 Å². The van der Waals surface area contributed by atoms with Crippen LogP contribution in [0.1, 0.15) is 61.3 Å². The molecule has 0 spiro atoms. The second-order valence-corrected chi connectivity index (χ2v) is 14.1. The molecule has 1 unspecified atom stereocenters. The van der Waals surface area contributed by atoms with E-state index in [1.54, 1.807) is 18.2 Å². The zero-order chi connectivity index (χ0) is 33.9. The van der Waals surface area contributed by atoms with E-state index in [0.29, 0.717) is 57.6 Å². The highest BCUT2D eigenvalue weighted by molar-refractivity contribution is 8.00. The fourth-order valence-corrected chi connectivity index (χ4v) is 7.41. The van der Waals surface area contributed by atoms with Crippen LogP contribution < -0.4 is 14.4 Å². The number of thioether (sulfide) groups is 1. The maximum absolute atomic E-state index is 13.9. The van der Waals surface area contributed by atoms with Gasteiger partial charge in [0.15, 0.2) is 21.6 Å². The van der Waals surface area contributed by atoms with Crippen LogP contribution in [0.5, 0.6) is 11.5 Å². The first kappa shape index (κ1) is 33.2. The lowest BCUT2D eigenvalue weighted by Gasteiger charge is -2.23. The number of benzene rings is 2. The minimum Gasteiger partial charge on any atom is -0.505 e. The molecule has 1 aliphatic rings. The number of aliphatic hydroxyl groups is 1. The summed E-state index contributed by atoms with van der Waals surface area (Å²) < 4.78 is 14.6. The van der Waals surface area contributed by atoms with E-state index in [1.165, 1.54) is 28.0 Å². The number of aliphatic hydroxyl groups excluding tert-OH is 1. The fraction of sp³-hybridized carbons (Fsp3) is 0.306. The number of carbonyl (C=O) groups is 2. The molecule has 12 heteroatoms. The molecule has 0 aliphatic carbocycles. The molecule has 1 N–H and O–H groups in total. The van der Waals surface area contributed by atoms with Gasteiger partial charge in [0.1, 0.15) is 11.3 Å². The largest absolute Gasteiger partial charge is 0.505 e. The van der Waals surface area contributed by atoms with Crippen molar-refractivity contribution in [1.29, 1.82) is 0 Å². The van der Waals surface area contributed by atoms with Crippen molar-refractivity contribution in [3.63, 3.8) is 0 Å². The molecule has 5 aromatic rings. The molecule has 6 rings (SSSR count). The number of aromatic nitrogens is 4. The van der Waals surface area contributed by atoms with E-state index in [2.05, 4.69) is 24.0 Å². The standard InChI is InChI=1S/C36H37N5O5S2/c1-6-45-27-19-25(14-15-26(27)46-18-16-21(2)3)30-28(31(42)29-23(5)40-17-10-11-22(4)33(40)37-29)32(43)34(44)41(30)35-38-39-36(48-35)47-20-24-12-8-7-9-13-24/h7-15,17,19,21,30,42H,6,16,18,20H2,1-5H3. The lowest BCUT2D eigenvalue weighted by atomic mass is 9.96. The summed E-state index contributed by atoms with van der Waals surface area (Å²) in [4.78, 5) is 33.9. The highest BCUT2D eigenvalue weighted by Gasteiger charge is 2.49. The molecule has 48 heavy (non-hydrogen) atoms. The minimum atomic E-state index is -1.03. The van der Waals surface area contributed by atoms with E-state index >= 15 is 0 Å². The zero-order valence-corrected chi connectivity index (χ0v) is 29.1. The number of hydrogen-bond acceptors (Lipinski definition) is 10. The number of imidazole rings is 1. The average molecular weight is 684 g/mol. The summed E-state index contributed by atoms with van der Waals surface area (Å²) in [6.45, 7) is 10.8. The highest BCUT2D eigenvalue weighted by Crippen LogP contribution is 2.46. The normalized spacial score (nSPS) is 16.0. The summed E-state index contributed by atoms with van der Waals surface area (Å²) in [5.74, 6) is 0.148. The number of rotatable bonds is 12. The number of anilines is 1. The molecule has 2 aromatic carbocycles. The Labute approximate surface area is 287 Å². The van der Waals surface area contributed by atoms with Crippen LogP contribution >= 0.6 is 23.1 Å². The topological polar surface area (TPSA) is 119 Å². The minimum absolute atomic E-state index is 0.0891. The van der Waals surface area contributed by atoms with Gasteiger partial charge < -0.3 is 19.0 Å². The number of amides is 1. The van der Waals surface area contributed by atoms with Crippen LogP contribution in [0.15, 0.2) is 76.8 Å². The maximum Gasteiger partial charge on any atom is 0.301 e. The molecule has 3 aromatic heterocycles. The zero-order valence-electron chi connectivity index (χ0n) is 27.5. The Morgan fingerprint density at radius 2 is 1.81 bits per heavy atom. The van der Waals surface area contributed by atoms with Crippen molar-refractivity contribution in [2.45, 2.75) is 57.2 Å². The molecular weight excluding hydrogens is 647 g/mol. The Bertz CT molecular complexity index is 2000. The van der Waals surface area contributed by atoms with Crippen LogP contribution in [0.2, 0.25) is 0 Å². The van der Waals surface area contributed by atoms with Gasteiger partial charge in [0.25, 0.3) is 5.78 Å². The lowest BCUT2D eigenvalue weighted by Crippen LogP contribution is -2.29. The number of ketones is 1. The van der Waals surface area contributed by atoms with Crippen molar-refractivity contribution in [3.05, 3.63) is 101 Å². The summed E-state index contributed by atoms with van der Waals surface area (Å²) in [6, 6.07) is 18.1. The van der Waals surface area contributed by atoms with Crippen molar-refractivity contribution >= 4 is 51.3 Å². The molecule has 1 fully saturated rings. The lowest BCUT2D eigenvalue weighted by molar-refractivity contribution is -0.132. The van der Waals surface area contributed by atoms with Gasteiger partial charge in [-0.15, -0.1) is 10.2 Å². The number of pyridine rings is 1. The molecule has 248 valence electrons. The van der Waals surface area contributed by atoms with Gasteiger partial charge in [-0.2, -0.15) is 0 Å². The number of nitrogens with zero attached hydrogens (tertiary/aromatic N) is 5. The van der Waals surface area contributed by atoms with E-state index < -0.39 is 17.7 Å². The van der Waals surface area contributed by atoms with Gasteiger partial charge in [-0.3, -0.25) is 14.5 Å². The van der Waals surface area contributed by atoms with Gasteiger partial charge >= 0.3 is 5.91 Å². The molecule has 10 nitrogen and oxygen atoms in total. The van der Waals surface area contributed by atoms with Crippen LogP contribution in [0.3, 0.4) is 0 Å². The first-order valence-corrected chi connectivity index (χ1v) is 17.6. The summed E-state index contributed by atoms with van der Waals surface area (Å²) >= 11 is 2.71. The summed E-state index contributed by atoms with van der Waals surface area (Å²) in [5.41, 5.74) is 3.99. The van der Waals surface area contributed by atoms with Crippen LogP contribution in [-0.2, 0) is 15.3 Å².